The Balaban J connectivity index is 1.83. The van der Waals surface area contributed by atoms with Gasteiger partial charge in [0, 0.05) is 16.4 Å². The van der Waals surface area contributed by atoms with E-state index < -0.39 is 0 Å². The van der Waals surface area contributed by atoms with E-state index in [9.17, 15) is 4.39 Å². The van der Waals surface area contributed by atoms with Crippen LogP contribution in [0.4, 0.5) is 10.1 Å². The Morgan fingerprint density at radius 1 is 1.21 bits per heavy atom. The van der Waals surface area contributed by atoms with Crippen LogP contribution in [0.5, 0.6) is 0 Å². The van der Waals surface area contributed by atoms with E-state index in [1.807, 2.05) is 12.1 Å². The maximum Gasteiger partial charge on any atom is 0.123 e. The fourth-order valence-corrected chi connectivity index (χ4v) is 7.96. The predicted molar refractivity (Wildman–Crippen MR) is 132 cm³/mol. The van der Waals surface area contributed by atoms with E-state index >= 15 is 0 Å². The van der Waals surface area contributed by atoms with Crippen LogP contribution in [0.2, 0.25) is 0 Å². The van der Waals surface area contributed by atoms with Crippen molar-refractivity contribution < 1.29 is 4.39 Å². The molecule has 2 aliphatic heterocycles. The van der Waals surface area contributed by atoms with Crippen molar-refractivity contribution in [2.75, 3.05) is 15.8 Å². The Hall–Kier alpha value is -1.65. The number of hydrogen-bond acceptors (Lipinski definition) is 1. The van der Waals surface area contributed by atoms with Crippen LogP contribution < -0.4 is 4.31 Å². The first-order valence-electron chi connectivity index (χ1n) is 10.3. The molecule has 0 radical (unpaired) electrons. The van der Waals surface area contributed by atoms with Gasteiger partial charge in [0.15, 0.2) is 0 Å². The van der Waals surface area contributed by atoms with Crippen molar-refractivity contribution in [3.05, 3.63) is 66.0 Å². The number of allylic oxidation sites excluding steroid dienone is 1. The second kappa shape index (κ2) is 7.88. The minimum absolute atomic E-state index is 0.142. The Morgan fingerprint density at radius 3 is 2.48 bits per heavy atom. The number of hydrogen-bond donors (Lipinski definition) is 0. The molecule has 0 saturated carbocycles. The Labute approximate surface area is 179 Å². The number of anilines is 1. The van der Waals surface area contributed by atoms with E-state index in [1.54, 1.807) is 12.1 Å². The third-order valence-electron chi connectivity index (χ3n) is 6.75. The van der Waals surface area contributed by atoms with Crippen LogP contribution in [0.1, 0.15) is 44.2 Å². The molecule has 1 saturated heterocycles. The molecule has 0 bridgehead atoms. The third kappa shape index (κ3) is 3.44. The number of rotatable bonds is 4. The molecule has 1 spiro atoms. The lowest BCUT2D eigenvalue weighted by molar-refractivity contribution is 0.359. The first-order valence-corrected chi connectivity index (χ1v) is 13.3. The van der Waals surface area contributed by atoms with E-state index in [0.29, 0.717) is 6.04 Å². The van der Waals surface area contributed by atoms with Gasteiger partial charge in [-0.05, 0) is 90.8 Å². The fourth-order valence-electron chi connectivity index (χ4n) is 4.79. The molecule has 154 valence electrons. The van der Waals surface area contributed by atoms with Crippen LogP contribution in [0.15, 0.2) is 53.9 Å². The highest BCUT2D eigenvalue weighted by molar-refractivity contribution is 8.15. The number of benzene rings is 2. The summed E-state index contributed by atoms with van der Waals surface area (Å²) < 4.78 is 16.0. The molecule has 2 aliphatic rings. The quantitative estimate of drug-likeness (QED) is 0.482. The number of halogens is 1. The first kappa shape index (κ1) is 20.6. The highest BCUT2D eigenvalue weighted by Gasteiger charge is 2.50. The minimum atomic E-state index is -0.383. The van der Waals surface area contributed by atoms with Crippen molar-refractivity contribution in [1.82, 2.24) is 0 Å². The summed E-state index contributed by atoms with van der Waals surface area (Å²) in [7, 11) is -0.105. The molecule has 0 N–H and O–H groups in total. The van der Waals surface area contributed by atoms with E-state index in [-0.39, 0.29) is 32.4 Å². The lowest BCUT2D eigenvalue weighted by atomic mass is 9.72. The highest BCUT2D eigenvalue weighted by atomic mass is 32.2. The van der Waals surface area contributed by atoms with Gasteiger partial charge >= 0.3 is 0 Å². The van der Waals surface area contributed by atoms with Gasteiger partial charge in [-0.15, -0.1) is 0 Å². The summed E-state index contributed by atoms with van der Waals surface area (Å²) in [5, 5.41) is 0. The van der Waals surface area contributed by atoms with Gasteiger partial charge in [0.2, 0.25) is 0 Å². The third-order valence-corrected chi connectivity index (χ3v) is 10.1. The summed E-state index contributed by atoms with van der Waals surface area (Å²) in [5.41, 5.74) is 5.33. The van der Waals surface area contributed by atoms with Crippen molar-refractivity contribution in [2.24, 2.45) is 0 Å². The Bertz CT molecular complexity index is 982. The van der Waals surface area contributed by atoms with Gasteiger partial charge in [-0.1, -0.05) is 42.0 Å². The second-order valence-electron chi connectivity index (χ2n) is 8.19. The van der Waals surface area contributed by atoms with Crippen molar-refractivity contribution in [1.29, 1.82) is 0 Å². The van der Waals surface area contributed by atoms with Crippen LogP contribution in [-0.4, -0.2) is 29.3 Å². The molecule has 0 amide bonds. The lowest BCUT2D eigenvalue weighted by Crippen LogP contribution is -2.43. The van der Waals surface area contributed by atoms with Gasteiger partial charge in [-0.2, -0.15) is 10.5 Å². The monoisotopic (exact) mass is 427 g/mol. The Morgan fingerprint density at radius 2 is 1.86 bits per heavy atom. The van der Waals surface area contributed by atoms with Crippen LogP contribution in [0, 0.1) is 5.82 Å². The average molecular weight is 428 g/mol. The maximum atomic E-state index is 13.5. The molecule has 4 heteroatoms. The van der Waals surface area contributed by atoms with Gasteiger partial charge in [0.05, 0.1) is 5.69 Å². The normalized spacial score (nSPS) is 27.1. The molecule has 0 aliphatic carbocycles. The molecule has 2 heterocycles. The number of nitrogens with zero attached hydrogens (tertiary/aromatic N) is 1. The summed E-state index contributed by atoms with van der Waals surface area (Å²) >= 11 is 0. The standard InChI is InChI=1S/C25H30FNS2/c1-6-18(2)20-7-12-24-23(17-20)25(13-15-28(4)16-14-25)19(3)27(24)29(5)22-10-8-21(26)9-11-22/h7-12,17,19H,2,4-6,13-16H2,1,3H3. The molecule has 4 rings (SSSR count). The van der Waals surface area contributed by atoms with E-state index in [0.717, 1.165) is 11.3 Å². The summed E-state index contributed by atoms with van der Waals surface area (Å²) in [5.74, 6) is 11.1. The molecule has 2 atom stereocenters. The Kier molecular flexibility index (Phi) is 5.60. The lowest BCUT2D eigenvalue weighted by Gasteiger charge is -2.41. The van der Waals surface area contributed by atoms with Crippen LogP contribution in [0.3, 0.4) is 0 Å². The zero-order chi connectivity index (χ0) is 20.8. The summed E-state index contributed by atoms with van der Waals surface area (Å²) in [6.45, 7) is 8.80. The van der Waals surface area contributed by atoms with E-state index in [4.69, 9.17) is 0 Å². The molecule has 2 aromatic carbocycles. The minimum Gasteiger partial charge on any atom is -0.315 e. The smallest absolute Gasteiger partial charge is 0.123 e. The largest absolute Gasteiger partial charge is 0.315 e. The SMILES string of the molecule is C=C(CC)c1ccc2c(c1)C1(CCS(=C)CC1)C(C)N2S(=C)c1ccc(F)cc1. The van der Waals surface area contributed by atoms with Gasteiger partial charge in [-0.25, -0.2) is 4.39 Å². The van der Waals surface area contributed by atoms with Gasteiger partial charge in [-0.3, -0.25) is 0 Å². The first-order chi connectivity index (χ1) is 13.9. The number of fused-ring (bicyclic) bond motifs is 2. The molecule has 2 unspecified atom stereocenters. The fraction of sp³-hybridized carbons (Fsp3) is 0.360. The average Bonchev–Trinajstić information content (AvgIpc) is 2.97. The maximum absolute atomic E-state index is 13.5. The summed E-state index contributed by atoms with van der Waals surface area (Å²) in [4.78, 5) is 1.08. The summed E-state index contributed by atoms with van der Waals surface area (Å²) in [6, 6.07) is 14.1. The van der Waals surface area contributed by atoms with Gasteiger partial charge in [0.25, 0.3) is 0 Å². The predicted octanol–water partition coefficient (Wildman–Crippen LogP) is 6.86. The molecular formula is C25H30FNS2. The zero-order valence-electron chi connectivity index (χ0n) is 17.4. The van der Waals surface area contributed by atoms with E-state index in [1.165, 1.54) is 46.7 Å². The van der Waals surface area contributed by atoms with Crippen molar-refractivity contribution >= 4 is 44.2 Å². The molecule has 2 aromatic rings. The molecule has 29 heavy (non-hydrogen) atoms. The molecule has 1 fully saturated rings. The van der Waals surface area contributed by atoms with Crippen molar-refractivity contribution in [3.63, 3.8) is 0 Å². The van der Waals surface area contributed by atoms with Gasteiger partial charge < -0.3 is 4.31 Å². The molecule has 1 nitrogen and oxygen atoms in total. The molecule has 0 aromatic heterocycles. The second-order valence-corrected chi connectivity index (χ2v) is 11.8. The zero-order valence-corrected chi connectivity index (χ0v) is 19.1. The van der Waals surface area contributed by atoms with Gasteiger partial charge in [0.1, 0.15) is 5.82 Å². The topological polar surface area (TPSA) is 3.24 Å². The van der Waals surface area contributed by atoms with Crippen LogP contribution >= 0.6 is 21.2 Å². The molecular weight excluding hydrogens is 397 g/mol. The van der Waals surface area contributed by atoms with Crippen molar-refractivity contribution in [3.8, 4) is 0 Å². The highest BCUT2D eigenvalue weighted by Crippen LogP contribution is 2.57. The van der Waals surface area contributed by atoms with Crippen LogP contribution in [0.25, 0.3) is 5.57 Å². The van der Waals surface area contributed by atoms with E-state index in [2.05, 4.69) is 54.7 Å². The van der Waals surface area contributed by atoms with Crippen molar-refractivity contribution in [2.45, 2.75) is 49.5 Å². The summed E-state index contributed by atoms with van der Waals surface area (Å²) in [6.07, 6.45) is 3.31. The van der Waals surface area contributed by atoms with Crippen LogP contribution in [-0.2, 0) is 5.41 Å².